The van der Waals surface area contributed by atoms with E-state index in [0.717, 1.165) is 31.2 Å². The van der Waals surface area contributed by atoms with E-state index in [4.69, 9.17) is 0 Å². The molecule has 0 aliphatic heterocycles. The van der Waals surface area contributed by atoms with Crippen LogP contribution in [0.2, 0.25) is 0 Å². The number of unbranched alkanes of at least 4 members (excludes halogenated alkanes) is 7. The molecule has 119 valence electrons. The molecule has 1 aromatic carbocycles. The van der Waals surface area contributed by atoms with Crippen LogP contribution in [0.4, 0.5) is 13.2 Å². The van der Waals surface area contributed by atoms with Gasteiger partial charge in [-0.3, -0.25) is 0 Å². The van der Waals surface area contributed by atoms with Crippen LogP contribution in [0.25, 0.3) is 0 Å². The van der Waals surface area contributed by atoms with Crippen molar-refractivity contribution in [2.75, 3.05) is 0 Å². The topological polar surface area (TPSA) is 0 Å². The van der Waals surface area contributed by atoms with Crippen LogP contribution in [0, 0.1) is 12.2 Å². The van der Waals surface area contributed by atoms with Crippen LogP contribution in [0.1, 0.15) is 57.4 Å². The first-order valence-corrected chi connectivity index (χ1v) is 8.56. The number of rotatable bonds is 11. The Hall–Kier alpha value is -0.640. The highest BCUT2D eigenvalue weighted by atomic mass is 32.2. The summed E-state index contributed by atoms with van der Waals surface area (Å²) in [5.74, 6) is -3.12. The lowest BCUT2D eigenvalue weighted by Gasteiger charge is -2.06. The average Bonchev–Trinajstić information content (AvgIpc) is 2.44. The van der Waals surface area contributed by atoms with Gasteiger partial charge in [-0.2, -0.15) is 8.78 Å². The fraction of sp³-hybridized carbons (Fsp3) is 0.588. The molecule has 21 heavy (non-hydrogen) atoms. The molecule has 0 heterocycles. The Bertz CT molecular complexity index is 394. The molecule has 0 N–H and O–H groups in total. The second-order valence-electron chi connectivity index (χ2n) is 5.17. The molecule has 0 atom stereocenters. The summed E-state index contributed by atoms with van der Waals surface area (Å²) in [6.07, 6.45) is 11.4. The predicted octanol–water partition coefficient (Wildman–Crippen LogP) is 6.64. The van der Waals surface area contributed by atoms with Crippen molar-refractivity contribution in [3.63, 3.8) is 0 Å². The van der Waals surface area contributed by atoms with Crippen LogP contribution in [0.3, 0.4) is 0 Å². The zero-order valence-corrected chi connectivity index (χ0v) is 13.4. The molecule has 1 radical (unpaired) electrons. The number of hydrogen-bond donors (Lipinski definition) is 0. The molecule has 1 aromatic rings. The highest BCUT2D eigenvalue weighted by molar-refractivity contribution is 7.99. The van der Waals surface area contributed by atoms with E-state index in [0.29, 0.717) is 0 Å². The van der Waals surface area contributed by atoms with E-state index >= 15 is 0 Å². The van der Waals surface area contributed by atoms with E-state index in [1.807, 2.05) is 0 Å². The van der Waals surface area contributed by atoms with E-state index in [-0.39, 0.29) is 16.7 Å². The molecule has 0 spiro atoms. The maximum atomic E-state index is 13.6. The van der Waals surface area contributed by atoms with Gasteiger partial charge in [0.2, 0.25) is 0 Å². The first kappa shape index (κ1) is 18.4. The number of thioether (sulfide) groups is 1. The zero-order chi connectivity index (χ0) is 15.5. The van der Waals surface area contributed by atoms with Gasteiger partial charge in [0.1, 0.15) is 5.82 Å². The molecule has 0 bridgehead atoms. The fourth-order valence-corrected chi connectivity index (χ4v) is 2.71. The summed E-state index contributed by atoms with van der Waals surface area (Å²) >= 11 is 0.261. The summed E-state index contributed by atoms with van der Waals surface area (Å²) in [5, 5.41) is 0. The molecule has 0 saturated heterocycles. The molecule has 0 saturated carbocycles. The third kappa shape index (κ3) is 8.40. The van der Waals surface area contributed by atoms with E-state index < -0.39 is 11.6 Å². The van der Waals surface area contributed by atoms with Crippen LogP contribution in [-0.2, 0) is 6.42 Å². The van der Waals surface area contributed by atoms with Gasteiger partial charge in [-0.05, 0) is 43.4 Å². The van der Waals surface area contributed by atoms with Crippen molar-refractivity contribution in [1.29, 1.82) is 0 Å². The summed E-state index contributed by atoms with van der Waals surface area (Å²) in [6.45, 7) is 2.20. The molecule has 4 heteroatoms. The van der Waals surface area contributed by atoms with Gasteiger partial charge in [-0.1, -0.05) is 56.9 Å². The molecular weight excluding hydrogens is 293 g/mol. The monoisotopic (exact) mass is 317 g/mol. The van der Waals surface area contributed by atoms with Gasteiger partial charge in [-0.15, -0.1) is 0 Å². The van der Waals surface area contributed by atoms with Gasteiger partial charge < -0.3 is 0 Å². The van der Waals surface area contributed by atoms with Gasteiger partial charge in [-0.25, -0.2) is 4.39 Å². The van der Waals surface area contributed by atoms with Crippen molar-refractivity contribution < 1.29 is 13.2 Å². The number of benzene rings is 1. The maximum absolute atomic E-state index is 13.6. The third-order valence-corrected chi connectivity index (χ3v) is 4.11. The molecule has 1 rings (SSSR count). The van der Waals surface area contributed by atoms with Crippen LogP contribution in [-0.4, -0.2) is 5.76 Å². The molecule has 0 nitrogen and oxygen atoms in total. The minimum atomic E-state index is -2.58. The Morgan fingerprint density at radius 3 is 2.52 bits per heavy atom. The van der Waals surface area contributed by atoms with E-state index in [2.05, 4.69) is 13.3 Å². The summed E-state index contributed by atoms with van der Waals surface area (Å²) in [7, 11) is 0. The second-order valence-corrected chi connectivity index (χ2v) is 6.21. The molecule has 0 amide bonds. The van der Waals surface area contributed by atoms with Crippen molar-refractivity contribution in [3.05, 3.63) is 36.0 Å². The lowest BCUT2D eigenvalue weighted by molar-refractivity contribution is 0.251. The first-order valence-electron chi connectivity index (χ1n) is 7.68. The minimum Gasteiger partial charge on any atom is -0.206 e. The van der Waals surface area contributed by atoms with Crippen LogP contribution >= 0.6 is 11.8 Å². The summed E-state index contributed by atoms with van der Waals surface area (Å²) in [4.78, 5) is 0.0243. The van der Waals surface area contributed by atoms with Gasteiger partial charge in [0.05, 0.1) is 0 Å². The first-order chi connectivity index (χ1) is 10.1. The Morgan fingerprint density at radius 1 is 1.10 bits per heavy atom. The number of alkyl halides is 2. The van der Waals surface area contributed by atoms with Crippen LogP contribution in [0.5, 0.6) is 0 Å². The fourth-order valence-electron chi connectivity index (χ4n) is 2.20. The lowest BCUT2D eigenvalue weighted by Crippen LogP contribution is -1.91. The van der Waals surface area contributed by atoms with E-state index in [1.165, 1.54) is 37.8 Å². The highest BCUT2D eigenvalue weighted by Gasteiger charge is 2.10. The third-order valence-electron chi connectivity index (χ3n) is 3.35. The van der Waals surface area contributed by atoms with Crippen molar-refractivity contribution in [3.8, 4) is 0 Å². The Kier molecular flexibility index (Phi) is 9.64. The molecule has 0 aliphatic rings. The number of halogens is 3. The quantitative estimate of drug-likeness (QED) is 0.326. The SMILES string of the molecule is CCCCCC[CH]CCCc1ccc(SC(F)F)c(F)c1. The molecule has 0 aromatic heterocycles. The van der Waals surface area contributed by atoms with Crippen molar-refractivity contribution >= 4 is 11.8 Å². The maximum Gasteiger partial charge on any atom is 0.289 e. The zero-order valence-electron chi connectivity index (χ0n) is 12.6. The molecular formula is C17H24F3S. The smallest absolute Gasteiger partial charge is 0.206 e. The van der Waals surface area contributed by atoms with Gasteiger partial charge in [0.25, 0.3) is 5.76 Å². The van der Waals surface area contributed by atoms with Gasteiger partial charge >= 0.3 is 0 Å². The normalized spacial score (nSPS) is 11.3. The van der Waals surface area contributed by atoms with E-state index in [9.17, 15) is 13.2 Å². The molecule has 0 fully saturated rings. The molecule has 0 unspecified atom stereocenters. The Morgan fingerprint density at radius 2 is 1.86 bits per heavy atom. The molecule has 0 aliphatic carbocycles. The average molecular weight is 317 g/mol. The summed E-state index contributed by atoms with van der Waals surface area (Å²) < 4.78 is 38.0. The van der Waals surface area contributed by atoms with Crippen molar-refractivity contribution in [2.24, 2.45) is 0 Å². The van der Waals surface area contributed by atoms with Crippen LogP contribution < -0.4 is 0 Å². The summed E-state index contributed by atoms with van der Waals surface area (Å²) in [6, 6.07) is 4.58. The predicted molar refractivity (Wildman–Crippen MR) is 84.3 cm³/mol. The van der Waals surface area contributed by atoms with Crippen LogP contribution in [0.15, 0.2) is 23.1 Å². The Labute approximate surface area is 130 Å². The Balaban J connectivity index is 2.19. The highest BCUT2D eigenvalue weighted by Crippen LogP contribution is 2.28. The van der Waals surface area contributed by atoms with Gasteiger partial charge in [0.15, 0.2) is 0 Å². The number of hydrogen-bond acceptors (Lipinski definition) is 1. The minimum absolute atomic E-state index is 0.0243. The van der Waals surface area contributed by atoms with Gasteiger partial charge in [0, 0.05) is 4.90 Å². The van der Waals surface area contributed by atoms with Crippen molar-refractivity contribution in [2.45, 2.75) is 68.9 Å². The van der Waals surface area contributed by atoms with E-state index in [1.54, 1.807) is 6.07 Å². The standard InChI is InChI=1S/C17H24F3S/c1-2-3-4-5-6-7-8-9-10-14-11-12-16(15(18)13-14)21-17(19)20/h7,11-13,17H,2-6,8-10H2,1H3. The summed E-state index contributed by atoms with van der Waals surface area (Å²) in [5.41, 5.74) is 0.880. The largest absolute Gasteiger partial charge is 0.289 e. The second kappa shape index (κ2) is 11.0. The number of aryl methyl sites for hydroxylation is 1. The van der Waals surface area contributed by atoms with Crippen molar-refractivity contribution in [1.82, 2.24) is 0 Å². The lowest BCUT2D eigenvalue weighted by atomic mass is 10.0.